The van der Waals surface area contributed by atoms with Crippen LogP contribution in [0.15, 0.2) is 54.1 Å². The molecule has 0 spiro atoms. The van der Waals surface area contributed by atoms with Gasteiger partial charge in [-0.25, -0.2) is 0 Å². The van der Waals surface area contributed by atoms with Crippen molar-refractivity contribution in [3.63, 3.8) is 0 Å². The van der Waals surface area contributed by atoms with Crippen molar-refractivity contribution in [3.05, 3.63) is 59.7 Å². The van der Waals surface area contributed by atoms with E-state index in [1.54, 1.807) is 7.11 Å². The summed E-state index contributed by atoms with van der Waals surface area (Å²) in [6, 6.07) is 10.2. The fraction of sp³-hybridized carbons (Fsp3) is 0.677. The number of benzene rings is 1. The van der Waals surface area contributed by atoms with Crippen LogP contribution in [0.1, 0.15) is 77.9 Å². The van der Waals surface area contributed by atoms with E-state index in [9.17, 15) is 5.11 Å². The van der Waals surface area contributed by atoms with Crippen molar-refractivity contribution < 1.29 is 28.5 Å². The van der Waals surface area contributed by atoms with Crippen molar-refractivity contribution in [3.8, 4) is 0 Å². The van der Waals surface area contributed by atoms with E-state index in [-0.39, 0.29) is 30.3 Å². The SMILES string of the molecule is COCO[C@H](/C=C/C=C(\C)[C@H](O)CCCCOC1CCCCO1)[C@H](O[Si](C)(C)C(C)(C)C)c1ccccc1. The maximum absolute atomic E-state index is 10.7. The maximum Gasteiger partial charge on any atom is 0.193 e. The summed E-state index contributed by atoms with van der Waals surface area (Å²) in [5.74, 6) is 0. The van der Waals surface area contributed by atoms with Crippen molar-refractivity contribution in [1.82, 2.24) is 0 Å². The molecule has 1 N–H and O–H groups in total. The van der Waals surface area contributed by atoms with E-state index in [2.05, 4.69) is 46.0 Å². The van der Waals surface area contributed by atoms with Gasteiger partial charge < -0.3 is 28.5 Å². The first-order valence-electron chi connectivity index (χ1n) is 14.1. The average molecular weight is 549 g/mol. The second-order valence-corrected chi connectivity index (χ2v) is 16.5. The van der Waals surface area contributed by atoms with Gasteiger partial charge in [-0.2, -0.15) is 0 Å². The Kier molecular flexibility index (Phi) is 14.5. The smallest absolute Gasteiger partial charge is 0.193 e. The van der Waals surface area contributed by atoms with Crippen molar-refractivity contribution in [2.75, 3.05) is 27.1 Å². The Balaban J connectivity index is 2.01. The van der Waals surface area contributed by atoms with Gasteiger partial charge in [0.2, 0.25) is 0 Å². The topological polar surface area (TPSA) is 66.4 Å². The molecule has 1 fully saturated rings. The van der Waals surface area contributed by atoms with E-state index in [0.29, 0.717) is 13.0 Å². The molecule has 38 heavy (non-hydrogen) atoms. The van der Waals surface area contributed by atoms with Crippen molar-refractivity contribution >= 4 is 8.32 Å². The Bertz CT molecular complexity index is 827. The molecule has 0 bridgehead atoms. The van der Waals surface area contributed by atoms with Crippen molar-refractivity contribution in [2.45, 2.75) is 109 Å². The van der Waals surface area contributed by atoms with Gasteiger partial charge in [-0.05, 0) is 74.7 Å². The monoisotopic (exact) mass is 548 g/mol. The highest BCUT2D eigenvalue weighted by Crippen LogP contribution is 2.41. The highest BCUT2D eigenvalue weighted by Gasteiger charge is 2.41. The van der Waals surface area contributed by atoms with Gasteiger partial charge >= 0.3 is 0 Å². The Morgan fingerprint density at radius 2 is 1.89 bits per heavy atom. The zero-order valence-electron chi connectivity index (χ0n) is 24.8. The quantitative estimate of drug-likeness (QED) is 0.101. The van der Waals surface area contributed by atoms with Gasteiger partial charge in [0.15, 0.2) is 14.6 Å². The third kappa shape index (κ3) is 11.4. The highest BCUT2D eigenvalue weighted by molar-refractivity contribution is 6.74. The first-order valence-corrected chi connectivity index (χ1v) is 17.1. The fourth-order valence-electron chi connectivity index (χ4n) is 4.00. The van der Waals surface area contributed by atoms with Crippen LogP contribution >= 0.6 is 0 Å². The molecule has 0 saturated carbocycles. The number of hydrogen-bond donors (Lipinski definition) is 1. The number of methoxy groups -OCH3 is 1. The molecule has 2 rings (SSSR count). The Morgan fingerprint density at radius 3 is 2.53 bits per heavy atom. The molecule has 0 aliphatic carbocycles. The summed E-state index contributed by atoms with van der Waals surface area (Å²) in [4.78, 5) is 0. The highest BCUT2D eigenvalue weighted by atomic mass is 28.4. The minimum absolute atomic E-state index is 0.0472. The number of unbranched alkanes of at least 4 members (excludes halogenated alkanes) is 1. The number of aliphatic hydroxyl groups is 1. The molecule has 0 aromatic heterocycles. The number of allylic oxidation sites excluding steroid dienone is 2. The molecule has 1 aliphatic rings. The zero-order chi connectivity index (χ0) is 28.0. The largest absolute Gasteiger partial charge is 0.407 e. The predicted molar refractivity (Wildman–Crippen MR) is 157 cm³/mol. The molecule has 1 aromatic carbocycles. The molecule has 1 unspecified atom stereocenters. The lowest BCUT2D eigenvalue weighted by Crippen LogP contribution is -2.44. The van der Waals surface area contributed by atoms with Gasteiger partial charge in [-0.3, -0.25) is 0 Å². The summed E-state index contributed by atoms with van der Waals surface area (Å²) in [5, 5.41) is 10.7. The van der Waals surface area contributed by atoms with Gasteiger partial charge in [0.25, 0.3) is 0 Å². The van der Waals surface area contributed by atoms with E-state index in [1.165, 1.54) is 6.42 Å². The lowest BCUT2D eigenvalue weighted by atomic mass is 10.0. The molecule has 6 nitrogen and oxygen atoms in total. The van der Waals surface area contributed by atoms with Crippen LogP contribution in [0.5, 0.6) is 0 Å². The first-order chi connectivity index (χ1) is 18.0. The van der Waals surface area contributed by atoms with E-state index in [1.807, 2.05) is 43.4 Å². The third-order valence-electron chi connectivity index (χ3n) is 7.53. The minimum atomic E-state index is -2.09. The predicted octanol–water partition coefficient (Wildman–Crippen LogP) is 7.32. The summed E-state index contributed by atoms with van der Waals surface area (Å²) in [5.41, 5.74) is 1.99. The van der Waals surface area contributed by atoms with Gasteiger partial charge in [-0.15, -0.1) is 0 Å². The van der Waals surface area contributed by atoms with Crippen LogP contribution in [0.4, 0.5) is 0 Å². The molecule has 4 atom stereocenters. The van der Waals surface area contributed by atoms with Gasteiger partial charge in [0.05, 0.1) is 6.10 Å². The minimum Gasteiger partial charge on any atom is -0.407 e. The lowest BCUT2D eigenvalue weighted by molar-refractivity contribution is -0.162. The van der Waals surface area contributed by atoms with Crippen LogP contribution in [0, 0.1) is 0 Å². The second kappa shape index (κ2) is 16.7. The van der Waals surface area contributed by atoms with E-state index < -0.39 is 14.4 Å². The normalized spacial score (nSPS) is 20.0. The number of hydrogen-bond acceptors (Lipinski definition) is 6. The summed E-state index contributed by atoms with van der Waals surface area (Å²) < 4.78 is 29.7. The van der Waals surface area contributed by atoms with Crippen LogP contribution in [-0.2, 0) is 23.4 Å². The van der Waals surface area contributed by atoms with Crippen molar-refractivity contribution in [2.24, 2.45) is 0 Å². The average Bonchev–Trinajstić information content (AvgIpc) is 2.89. The fourth-order valence-corrected chi connectivity index (χ4v) is 5.26. The first kappa shape index (κ1) is 32.9. The standard InChI is InChI=1S/C31H52O6Si/c1-25(27(32)19-11-13-22-34-29-21-12-14-23-35-29)16-15-20-28(36-24-33-5)30(26-17-9-8-10-18-26)37-38(6,7)31(2,3)4/h8-10,15-18,20,27-30,32H,11-14,19,21-24H2,1-7H3/b20-15+,25-16+/t27-,28-,29?,30-/m1/s1. The Hall–Kier alpha value is -1.32. The summed E-state index contributed by atoms with van der Waals surface area (Å²) in [6.07, 6.45) is 10.6. The molecular weight excluding hydrogens is 496 g/mol. The summed E-state index contributed by atoms with van der Waals surface area (Å²) in [7, 11) is -0.468. The molecule has 1 aromatic rings. The van der Waals surface area contributed by atoms with Crippen molar-refractivity contribution in [1.29, 1.82) is 0 Å². The van der Waals surface area contributed by atoms with E-state index >= 15 is 0 Å². The third-order valence-corrected chi connectivity index (χ3v) is 12.0. The molecule has 0 radical (unpaired) electrons. The lowest BCUT2D eigenvalue weighted by Gasteiger charge is -2.41. The zero-order valence-corrected chi connectivity index (χ0v) is 25.8. The van der Waals surface area contributed by atoms with Gasteiger partial charge in [0, 0.05) is 20.3 Å². The second-order valence-electron chi connectivity index (χ2n) is 11.7. The molecule has 216 valence electrons. The Morgan fingerprint density at radius 1 is 1.16 bits per heavy atom. The molecular formula is C31H52O6Si. The Labute approximate surface area is 232 Å². The van der Waals surface area contributed by atoms with Crippen LogP contribution in [-0.4, -0.2) is 59.0 Å². The van der Waals surface area contributed by atoms with Gasteiger partial charge in [-0.1, -0.05) is 69.3 Å². The maximum atomic E-state index is 10.7. The summed E-state index contributed by atoms with van der Waals surface area (Å²) >= 11 is 0. The van der Waals surface area contributed by atoms with E-state index in [0.717, 1.165) is 43.4 Å². The van der Waals surface area contributed by atoms with E-state index in [4.69, 9.17) is 23.4 Å². The molecule has 1 aliphatic heterocycles. The van der Waals surface area contributed by atoms with Crippen LogP contribution in [0.2, 0.25) is 18.1 Å². The number of ether oxygens (including phenoxy) is 4. The molecule has 1 saturated heterocycles. The molecule has 1 heterocycles. The van der Waals surface area contributed by atoms with Crippen LogP contribution in [0.3, 0.4) is 0 Å². The number of aliphatic hydroxyl groups excluding tert-OH is 1. The molecule has 0 amide bonds. The van der Waals surface area contributed by atoms with Gasteiger partial charge in [0.1, 0.15) is 19.0 Å². The summed E-state index contributed by atoms with van der Waals surface area (Å²) in [6.45, 7) is 14.8. The molecule has 7 heteroatoms. The number of rotatable bonds is 16. The van der Waals surface area contributed by atoms with Crippen LogP contribution < -0.4 is 0 Å². The van der Waals surface area contributed by atoms with Crippen LogP contribution in [0.25, 0.3) is 0 Å².